The van der Waals surface area contributed by atoms with Crippen LogP contribution in [0.3, 0.4) is 0 Å². The largest absolute Gasteiger partial charge is 0.444 e. The highest BCUT2D eigenvalue weighted by atomic mass is 16.6. The van der Waals surface area contributed by atoms with Gasteiger partial charge in [-0.25, -0.2) is 9.59 Å². The SMILES string of the molecule is CC(Cc1ccc2c(c1)n(C)c(=O)n2C1CCC(=O)NC1=O)OC1CCN(C(=O)OC(C)(C)C)CC1. The number of amides is 3. The highest BCUT2D eigenvalue weighted by Crippen LogP contribution is 2.25. The van der Waals surface area contributed by atoms with Gasteiger partial charge < -0.3 is 14.4 Å². The van der Waals surface area contributed by atoms with Gasteiger partial charge in [0.2, 0.25) is 11.8 Å². The fourth-order valence-corrected chi connectivity index (χ4v) is 4.98. The van der Waals surface area contributed by atoms with Crippen molar-refractivity contribution in [3.05, 3.63) is 34.2 Å². The maximum Gasteiger partial charge on any atom is 0.410 e. The van der Waals surface area contributed by atoms with Crippen molar-refractivity contribution in [2.45, 2.75) is 83.6 Å². The number of carbonyl (C=O) groups is 3. The minimum Gasteiger partial charge on any atom is -0.444 e. The predicted octanol–water partition coefficient (Wildman–Crippen LogP) is 2.66. The highest BCUT2D eigenvalue weighted by molar-refractivity contribution is 6.00. The van der Waals surface area contributed by atoms with E-state index in [0.29, 0.717) is 31.4 Å². The van der Waals surface area contributed by atoms with E-state index in [1.165, 1.54) is 4.57 Å². The van der Waals surface area contributed by atoms with Crippen molar-refractivity contribution < 1.29 is 23.9 Å². The third-order valence-electron chi connectivity index (χ3n) is 6.72. The minimum atomic E-state index is -0.696. The zero-order valence-corrected chi connectivity index (χ0v) is 21.7. The van der Waals surface area contributed by atoms with E-state index in [4.69, 9.17) is 9.47 Å². The maximum absolute atomic E-state index is 13.0. The fourth-order valence-electron chi connectivity index (χ4n) is 4.98. The van der Waals surface area contributed by atoms with Crippen molar-refractivity contribution in [1.82, 2.24) is 19.4 Å². The van der Waals surface area contributed by atoms with Gasteiger partial charge in [0.1, 0.15) is 11.6 Å². The van der Waals surface area contributed by atoms with Gasteiger partial charge in [-0.05, 0) is 71.1 Å². The predicted molar refractivity (Wildman–Crippen MR) is 134 cm³/mol. The second-order valence-electron chi connectivity index (χ2n) is 10.8. The lowest BCUT2D eigenvalue weighted by atomic mass is 10.0. The van der Waals surface area contributed by atoms with Gasteiger partial charge in [-0.3, -0.25) is 24.0 Å². The number of hydrogen-bond donors (Lipinski definition) is 1. The second-order valence-corrected chi connectivity index (χ2v) is 10.8. The number of ether oxygens (including phenoxy) is 2. The summed E-state index contributed by atoms with van der Waals surface area (Å²) in [5, 5.41) is 2.33. The Bertz CT molecular complexity index is 1220. The minimum absolute atomic E-state index is 0.0465. The Morgan fingerprint density at radius 1 is 1.11 bits per heavy atom. The van der Waals surface area contributed by atoms with Crippen molar-refractivity contribution >= 4 is 28.9 Å². The van der Waals surface area contributed by atoms with Gasteiger partial charge in [-0.15, -0.1) is 0 Å². The van der Waals surface area contributed by atoms with E-state index in [1.807, 2.05) is 45.9 Å². The van der Waals surface area contributed by atoms with Crippen molar-refractivity contribution in [3.8, 4) is 0 Å². The van der Waals surface area contributed by atoms with Crippen LogP contribution in [-0.4, -0.2) is 62.8 Å². The average molecular weight is 501 g/mol. The molecule has 1 N–H and O–H groups in total. The summed E-state index contributed by atoms with van der Waals surface area (Å²) in [6.07, 6.45) is 2.44. The van der Waals surface area contributed by atoms with Crippen LogP contribution in [0.1, 0.15) is 65.0 Å². The molecule has 10 heteroatoms. The average Bonchev–Trinajstić information content (AvgIpc) is 3.03. The zero-order chi connectivity index (χ0) is 26.2. The monoisotopic (exact) mass is 500 g/mol. The Morgan fingerprint density at radius 2 is 1.81 bits per heavy atom. The summed E-state index contributed by atoms with van der Waals surface area (Å²) in [6, 6.07) is 5.08. The third kappa shape index (κ3) is 5.64. The summed E-state index contributed by atoms with van der Waals surface area (Å²) >= 11 is 0. The van der Waals surface area contributed by atoms with Crippen LogP contribution >= 0.6 is 0 Å². The van der Waals surface area contributed by atoms with Crippen LogP contribution in [-0.2, 0) is 32.5 Å². The molecule has 3 heterocycles. The van der Waals surface area contributed by atoms with Crippen molar-refractivity contribution in [2.24, 2.45) is 7.05 Å². The lowest BCUT2D eigenvalue weighted by molar-refractivity contribution is -0.135. The molecular formula is C26H36N4O6. The topological polar surface area (TPSA) is 112 Å². The molecule has 2 atom stereocenters. The van der Waals surface area contributed by atoms with Gasteiger partial charge in [0, 0.05) is 26.6 Å². The molecule has 4 rings (SSSR count). The standard InChI is InChI=1S/C26H36N4O6/c1-16(35-18-10-12-29(13-11-18)25(34)36-26(2,3)4)14-17-6-7-19-21(15-17)28(5)24(33)30(19)20-8-9-22(31)27-23(20)32/h6-7,15-16,18,20H,8-14H2,1-5H3,(H,27,31,32). The quantitative estimate of drug-likeness (QED) is 0.632. The molecule has 0 radical (unpaired) electrons. The molecule has 2 fully saturated rings. The van der Waals surface area contributed by atoms with Crippen LogP contribution in [0.2, 0.25) is 0 Å². The van der Waals surface area contributed by atoms with Crippen LogP contribution in [0.15, 0.2) is 23.0 Å². The van der Waals surface area contributed by atoms with Crippen molar-refractivity contribution in [2.75, 3.05) is 13.1 Å². The molecule has 10 nitrogen and oxygen atoms in total. The summed E-state index contributed by atoms with van der Waals surface area (Å²) in [4.78, 5) is 50.9. The van der Waals surface area contributed by atoms with Crippen LogP contribution < -0.4 is 11.0 Å². The Labute approximate surface area is 210 Å². The molecule has 2 unspecified atom stereocenters. The van der Waals surface area contributed by atoms with Gasteiger partial charge in [-0.2, -0.15) is 0 Å². The first-order valence-electron chi connectivity index (χ1n) is 12.6. The Hall–Kier alpha value is -3.14. The zero-order valence-electron chi connectivity index (χ0n) is 21.7. The Morgan fingerprint density at radius 3 is 2.44 bits per heavy atom. The molecule has 2 saturated heterocycles. The number of likely N-dealkylation sites (tertiary alicyclic amines) is 1. The number of hydrogen-bond acceptors (Lipinski definition) is 6. The first kappa shape index (κ1) is 25.9. The van der Waals surface area contributed by atoms with E-state index in [0.717, 1.165) is 23.9 Å². The molecule has 36 heavy (non-hydrogen) atoms. The van der Waals surface area contributed by atoms with E-state index in [-0.39, 0.29) is 36.3 Å². The van der Waals surface area contributed by atoms with E-state index in [2.05, 4.69) is 5.32 Å². The maximum atomic E-state index is 13.0. The molecule has 1 aromatic heterocycles. The number of imide groups is 1. The Balaban J connectivity index is 1.39. The summed E-state index contributed by atoms with van der Waals surface area (Å²) in [7, 11) is 1.69. The first-order chi connectivity index (χ1) is 16.9. The summed E-state index contributed by atoms with van der Waals surface area (Å²) in [5.41, 5.74) is 1.64. The van der Waals surface area contributed by atoms with Gasteiger partial charge in [0.15, 0.2) is 0 Å². The van der Waals surface area contributed by atoms with Crippen LogP contribution in [0.5, 0.6) is 0 Å². The molecule has 196 valence electrons. The number of fused-ring (bicyclic) bond motifs is 1. The molecule has 0 spiro atoms. The van der Waals surface area contributed by atoms with Crippen molar-refractivity contribution in [1.29, 1.82) is 0 Å². The number of aromatic nitrogens is 2. The molecule has 0 aliphatic carbocycles. The number of imidazole rings is 1. The molecular weight excluding hydrogens is 464 g/mol. The van der Waals surface area contributed by atoms with E-state index in [1.54, 1.807) is 16.5 Å². The summed E-state index contributed by atoms with van der Waals surface area (Å²) in [5.74, 6) is -0.749. The van der Waals surface area contributed by atoms with Gasteiger partial charge in [0.05, 0.1) is 23.2 Å². The van der Waals surface area contributed by atoms with E-state index < -0.39 is 17.6 Å². The molecule has 2 aliphatic heterocycles. The number of aryl methyl sites for hydroxylation is 1. The number of nitrogens with zero attached hydrogens (tertiary/aromatic N) is 3. The first-order valence-corrected chi connectivity index (χ1v) is 12.6. The van der Waals surface area contributed by atoms with Crippen LogP contribution in [0.25, 0.3) is 11.0 Å². The number of piperidine rings is 2. The van der Waals surface area contributed by atoms with Gasteiger partial charge in [-0.1, -0.05) is 6.07 Å². The highest BCUT2D eigenvalue weighted by Gasteiger charge is 2.31. The van der Waals surface area contributed by atoms with Crippen molar-refractivity contribution in [3.63, 3.8) is 0 Å². The fraction of sp³-hybridized carbons (Fsp3) is 0.615. The molecule has 2 aromatic rings. The number of nitrogens with one attached hydrogen (secondary N) is 1. The molecule has 0 bridgehead atoms. The summed E-state index contributed by atoms with van der Waals surface area (Å²) in [6.45, 7) is 8.82. The van der Waals surface area contributed by atoms with E-state index >= 15 is 0 Å². The third-order valence-corrected chi connectivity index (χ3v) is 6.72. The van der Waals surface area contributed by atoms with Gasteiger partial charge in [0.25, 0.3) is 0 Å². The number of carbonyl (C=O) groups excluding carboxylic acids is 3. The number of benzene rings is 1. The number of rotatable bonds is 5. The molecule has 3 amide bonds. The molecule has 2 aliphatic rings. The molecule has 1 aromatic carbocycles. The normalized spacial score (nSPS) is 20.5. The lowest BCUT2D eigenvalue weighted by Gasteiger charge is -2.34. The van der Waals surface area contributed by atoms with E-state index in [9.17, 15) is 19.2 Å². The van der Waals surface area contributed by atoms with Crippen LogP contribution in [0.4, 0.5) is 4.79 Å². The lowest BCUT2D eigenvalue weighted by Crippen LogP contribution is -2.44. The smallest absolute Gasteiger partial charge is 0.410 e. The van der Waals surface area contributed by atoms with Gasteiger partial charge >= 0.3 is 11.8 Å². The molecule has 0 saturated carbocycles. The van der Waals surface area contributed by atoms with Crippen LogP contribution in [0, 0.1) is 0 Å². The Kier molecular flexibility index (Phi) is 7.26. The second kappa shape index (κ2) is 10.1. The summed E-state index contributed by atoms with van der Waals surface area (Å²) < 4.78 is 14.8.